The first-order valence-corrected chi connectivity index (χ1v) is 6.97. The second kappa shape index (κ2) is 5.83. The van der Waals surface area contributed by atoms with Gasteiger partial charge < -0.3 is 16.0 Å². The van der Waals surface area contributed by atoms with E-state index in [9.17, 15) is 4.79 Å². The summed E-state index contributed by atoms with van der Waals surface area (Å²) in [7, 11) is 0. The third-order valence-electron chi connectivity index (χ3n) is 4.21. The van der Waals surface area contributed by atoms with Crippen LogP contribution in [0.5, 0.6) is 0 Å². The highest BCUT2D eigenvalue weighted by Crippen LogP contribution is 2.25. The number of nitrogens with zero attached hydrogens (tertiary/aromatic N) is 1. The van der Waals surface area contributed by atoms with Gasteiger partial charge in [-0.15, -0.1) is 0 Å². The van der Waals surface area contributed by atoms with Crippen LogP contribution >= 0.6 is 0 Å². The number of carbonyl (C=O) groups excluding carboxylic acids is 1. The maximum absolute atomic E-state index is 12.2. The van der Waals surface area contributed by atoms with Crippen molar-refractivity contribution in [1.29, 1.82) is 0 Å². The first-order valence-electron chi connectivity index (χ1n) is 6.97. The molecule has 98 valence electrons. The van der Waals surface area contributed by atoms with E-state index < -0.39 is 0 Å². The SMILES string of the molecule is CC(NC1CCCC1CN)C(=O)N1CCCC1. The third kappa shape index (κ3) is 2.99. The largest absolute Gasteiger partial charge is 0.341 e. The lowest BCUT2D eigenvalue weighted by Crippen LogP contribution is -2.49. The molecular formula is C13H25N3O. The Balaban J connectivity index is 1.83. The molecule has 3 N–H and O–H groups in total. The van der Waals surface area contributed by atoms with Gasteiger partial charge in [0.2, 0.25) is 5.91 Å². The van der Waals surface area contributed by atoms with Gasteiger partial charge in [0, 0.05) is 19.1 Å². The molecule has 2 fully saturated rings. The highest BCUT2D eigenvalue weighted by molar-refractivity contribution is 5.81. The molecule has 1 aliphatic heterocycles. The van der Waals surface area contributed by atoms with Crippen molar-refractivity contribution in [2.24, 2.45) is 11.7 Å². The quantitative estimate of drug-likeness (QED) is 0.760. The van der Waals surface area contributed by atoms with Crippen molar-refractivity contribution in [3.63, 3.8) is 0 Å². The zero-order valence-corrected chi connectivity index (χ0v) is 10.8. The molecular weight excluding hydrogens is 214 g/mol. The van der Waals surface area contributed by atoms with Crippen LogP contribution in [-0.2, 0) is 4.79 Å². The molecule has 1 amide bonds. The molecule has 3 unspecified atom stereocenters. The van der Waals surface area contributed by atoms with Crippen molar-refractivity contribution in [2.45, 2.75) is 51.1 Å². The molecule has 17 heavy (non-hydrogen) atoms. The molecule has 0 bridgehead atoms. The van der Waals surface area contributed by atoms with Gasteiger partial charge >= 0.3 is 0 Å². The van der Waals surface area contributed by atoms with Crippen molar-refractivity contribution < 1.29 is 4.79 Å². The summed E-state index contributed by atoms with van der Waals surface area (Å²) >= 11 is 0. The van der Waals surface area contributed by atoms with Crippen LogP contribution < -0.4 is 11.1 Å². The minimum absolute atomic E-state index is 0.0507. The fourth-order valence-electron chi connectivity index (χ4n) is 3.14. The normalized spacial score (nSPS) is 30.8. The molecule has 0 aromatic carbocycles. The van der Waals surface area contributed by atoms with Gasteiger partial charge in [0.05, 0.1) is 6.04 Å². The van der Waals surface area contributed by atoms with Crippen molar-refractivity contribution in [3.05, 3.63) is 0 Å². The third-order valence-corrected chi connectivity index (χ3v) is 4.21. The summed E-state index contributed by atoms with van der Waals surface area (Å²) < 4.78 is 0. The first kappa shape index (κ1) is 12.8. The van der Waals surface area contributed by atoms with E-state index in [-0.39, 0.29) is 11.9 Å². The van der Waals surface area contributed by atoms with Gasteiger partial charge in [-0.2, -0.15) is 0 Å². The second-order valence-electron chi connectivity index (χ2n) is 5.45. The molecule has 0 aromatic rings. The lowest BCUT2D eigenvalue weighted by Gasteiger charge is -2.26. The Kier molecular flexibility index (Phi) is 4.40. The van der Waals surface area contributed by atoms with Crippen LogP contribution in [0.4, 0.5) is 0 Å². The number of carbonyl (C=O) groups is 1. The van der Waals surface area contributed by atoms with Crippen LogP contribution in [0.15, 0.2) is 0 Å². The van der Waals surface area contributed by atoms with Crippen LogP contribution in [-0.4, -0.2) is 42.5 Å². The zero-order chi connectivity index (χ0) is 12.3. The Morgan fingerprint density at radius 1 is 1.35 bits per heavy atom. The molecule has 1 saturated carbocycles. The summed E-state index contributed by atoms with van der Waals surface area (Å²) in [6.45, 7) is 4.61. The van der Waals surface area contributed by atoms with Crippen molar-refractivity contribution >= 4 is 5.91 Å². The van der Waals surface area contributed by atoms with E-state index in [1.54, 1.807) is 0 Å². The van der Waals surface area contributed by atoms with E-state index in [2.05, 4.69) is 5.32 Å². The Morgan fingerprint density at radius 2 is 2.06 bits per heavy atom. The summed E-state index contributed by atoms with van der Waals surface area (Å²) in [6, 6.07) is 0.395. The van der Waals surface area contributed by atoms with E-state index in [0.717, 1.165) is 32.5 Å². The maximum atomic E-state index is 12.2. The van der Waals surface area contributed by atoms with Crippen molar-refractivity contribution in [2.75, 3.05) is 19.6 Å². The number of rotatable bonds is 4. The van der Waals surface area contributed by atoms with E-state index in [0.29, 0.717) is 12.0 Å². The standard InChI is InChI=1S/C13H25N3O/c1-10(13(17)16-7-2-3-8-16)15-12-6-4-5-11(12)9-14/h10-12,15H,2-9,14H2,1H3. The second-order valence-corrected chi connectivity index (χ2v) is 5.45. The number of hydrogen-bond acceptors (Lipinski definition) is 3. The molecule has 1 heterocycles. The van der Waals surface area contributed by atoms with Gasteiger partial charge in [-0.05, 0) is 45.1 Å². The molecule has 2 aliphatic rings. The number of nitrogens with one attached hydrogen (secondary N) is 1. The number of nitrogens with two attached hydrogens (primary N) is 1. The van der Waals surface area contributed by atoms with Crippen LogP contribution in [0.2, 0.25) is 0 Å². The summed E-state index contributed by atoms with van der Waals surface area (Å²) in [6.07, 6.45) is 5.93. The summed E-state index contributed by atoms with van der Waals surface area (Å²) in [5.74, 6) is 0.828. The van der Waals surface area contributed by atoms with E-state index in [1.165, 1.54) is 19.3 Å². The minimum atomic E-state index is -0.0507. The van der Waals surface area contributed by atoms with E-state index >= 15 is 0 Å². The monoisotopic (exact) mass is 239 g/mol. The predicted molar refractivity (Wildman–Crippen MR) is 68.6 cm³/mol. The van der Waals surface area contributed by atoms with E-state index in [4.69, 9.17) is 5.73 Å². The fraction of sp³-hybridized carbons (Fsp3) is 0.923. The van der Waals surface area contributed by atoms with Crippen molar-refractivity contribution in [3.8, 4) is 0 Å². The zero-order valence-electron chi connectivity index (χ0n) is 10.8. The van der Waals surface area contributed by atoms with Gasteiger partial charge in [0.1, 0.15) is 0 Å². The van der Waals surface area contributed by atoms with Gasteiger partial charge in [0.25, 0.3) is 0 Å². The Labute approximate surface area is 104 Å². The number of amides is 1. The number of hydrogen-bond donors (Lipinski definition) is 2. The van der Waals surface area contributed by atoms with Gasteiger partial charge in [-0.25, -0.2) is 0 Å². The molecule has 1 saturated heterocycles. The average Bonchev–Trinajstić information content (AvgIpc) is 2.98. The number of likely N-dealkylation sites (tertiary alicyclic amines) is 1. The van der Waals surface area contributed by atoms with Crippen LogP contribution in [0, 0.1) is 5.92 Å². The topological polar surface area (TPSA) is 58.4 Å². The Bertz CT molecular complexity index is 263. The predicted octanol–water partition coefficient (Wildman–Crippen LogP) is 0.714. The van der Waals surface area contributed by atoms with Crippen LogP contribution in [0.25, 0.3) is 0 Å². The summed E-state index contributed by atoms with van der Waals surface area (Å²) in [5.41, 5.74) is 5.76. The average molecular weight is 239 g/mol. The molecule has 2 rings (SSSR count). The maximum Gasteiger partial charge on any atom is 0.239 e. The molecule has 1 aliphatic carbocycles. The smallest absolute Gasteiger partial charge is 0.239 e. The van der Waals surface area contributed by atoms with Gasteiger partial charge in [-0.3, -0.25) is 4.79 Å². The lowest BCUT2D eigenvalue weighted by molar-refractivity contribution is -0.132. The van der Waals surface area contributed by atoms with Gasteiger partial charge in [-0.1, -0.05) is 6.42 Å². The van der Waals surface area contributed by atoms with E-state index in [1.807, 2.05) is 11.8 Å². The molecule has 0 radical (unpaired) electrons. The molecule has 0 spiro atoms. The lowest BCUT2D eigenvalue weighted by atomic mass is 10.0. The minimum Gasteiger partial charge on any atom is -0.341 e. The molecule has 3 atom stereocenters. The van der Waals surface area contributed by atoms with Crippen LogP contribution in [0.1, 0.15) is 39.0 Å². The molecule has 4 nitrogen and oxygen atoms in total. The molecule has 0 aromatic heterocycles. The van der Waals surface area contributed by atoms with Crippen molar-refractivity contribution in [1.82, 2.24) is 10.2 Å². The van der Waals surface area contributed by atoms with Gasteiger partial charge in [0.15, 0.2) is 0 Å². The fourth-order valence-corrected chi connectivity index (χ4v) is 3.14. The highest BCUT2D eigenvalue weighted by atomic mass is 16.2. The Morgan fingerprint density at radius 3 is 2.71 bits per heavy atom. The Hall–Kier alpha value is -0.610. The van der Waals surface area contributed by atoms with Crippen LogP contribution in [0.3, 0.4) is 0 Å². The first-order chi connectivity index (χ1) is 8.22. The summed E-state index contributed by atoms with van der Waals surface area (Å²) in [4.78, 5) is 14.2. The molecule has 4 heteroatoms. The summed E-state index contributed by atoms with van der Waals surface area (Å²) in [5, 5.41) is 3.49. The highest BCUT2D eigenvalue weighted by Gasteiger charge is 2.30.